The van der Waals surface area contributed by atoms with E-state index in [2.05, 4.69) is 25.1 Å². The van der Waals surface area contributed by atoms with Crippen molar-refractivity contribution in [2.24, 2.45) is 11.7 Å². The Hall–Kier alpha value is -1.28. The molecule has 0 bridgehead atoms. The van der Waals surface area contributed by atoms with Gasteiger partial charge in [0, 0.05) is 0 Å². The van der Waals surface area contributed by atoms with Crippen molar-refractivity contribution in [3.05, 3.63) is 35.4 Å². The van der Waals surface area contributed by atoms with E-state index in [0.717, 1.165) is 12.2 Å². The lowest BCUT2D eigenvalue weighted by molar-refractivity contribution is 0.414. The molecular weight excluding hydrogens is 186 g/mol. The van der Waals surface area contributed by atoms with Crippen LogP contribution < -0.4 is 10.5 Å². The molecule has 0 saturated heterocycles. The number of nitrogens with two attached hydrogens (primary N) is 1. The number of hydrogen-bond donors (Lipinski definition) is 1. The van der Waals surface area contributed by atoms with Gasteiger partial charge in [0.15, 0.2) is 0 Å². The van der Waals surface area contributed by atoms with E-state index in [1.54, 1.807) is 7.11 Å². The van der Waals surface area contributed by atoms with E-state index in [1.165, 1.54) is 16.7 Å². The number of methoxy groups -OCH3 is 1. The highest BCUT2D eigenvalue weighted by Crippen LogP contribution is 2.34. The fourth-order valence-electron chi connectivity index (χ4n) is 2.05. The lowest BCUT2D eigenvalue weighted by Gasteiger charge is -2.13. The van der Waals surface area contributed by atoms with Crippen LogP contribution in [0, 0.1) is 5.92 Å². The van der Waals surface area contributed by atoms with Crippen molar-refractivity contribution >= 4 is 5.57 Å². The number of hydrogen-bond acceptors (Lipinski definition) is 2. The molecule has 0 radical (unpaired) electrons. The Morgan fingerprint density at radius 1 is 1.47 bits per heavy atom. The Morgan fingerprint density at radius 3 is 2.93 bits per heavy atom. The van der Waals surface area contributed by atoms with E-state index < -0.39 is 0 Å². The van der Waals surface area contributed by atoms with E-state index in [0.29, 0.717) is 12.5 Å². The van der Waals surface area contributed by atoms with Crippen molar-refractivity contribution in [2.45, 2.75) is 13.3 Å². The fourth-order valence-corrected chi connectivity index (χ4v) is 2.05. The smallest absolute Gasteiger partial charge is 0.119 e. The van der Waals surface area contributed by atoms with Gasteiger partial charge in [-0.25, -0.2) is 0 Å². The van der Waals surface area contributed by atoms with Gasteiger partial charge in [-0.05, 0) is 47.7 Å². The zero-order valence-corrected chi connectivity index (χ0v) is 9.29. The Balaban J connectivity index is 2.37. The molecule has 1 aromatic carbocycles. The summed E-state index contributed by atoms with van der Waals surface area (Å²) in [5.74, 6) is 1.35. The molecule has 0 amide bonds. The highest BCUT2D eigenvalue weighted by Gasteiger charge is 2.18. The summed E-state index contributed by atoms with van der Waals surface area (Å²) in [6, 6.07) is 6.27. The molecule has 0 aliphatic heterocycles. The van der Waals surface area contributed by atoms with Gasteiger partial charge in [0.05, 0.1) is 7.11 Å². The van der Waals surface area contributed by atoms with Gasteiger partial charge in [-0.1, -0.05) is 19.1 Å². The molecule has 1 aromatic rings. The van der Waals surface area contributed by atoms with E-state index >= 15 is 0 Å². The molecular formula is C13H17NO. The second kappa shape index (κ2) is 4.07. The minimum Gasteiger partial charge on any atom is -0.497 e. The lowest BCUT2D eigenvalue weighted by Crippen LogP contribution is -2.11. The van der Waals surface area contributed by atoms with E-state index in [-0.39, 0.29) is 0 Å². The summed E-state index contributed by atoms with van der Waals surface area (Å²) in [6.45, 7) is 2.86. The maximum Gasteiger partial charge on any atom is 0.119 e. The molecule has 15 heavy (non-hydrogen) atoms. The van der Waals surface area contributed by atoms with Gasteiger partial charge in [-0.2, -0.15) is 0 Å². The third-order valence-electron chi connectivity index (χ3n) is 3.05. The first-order valence-electron chi connectivity index (χ1n) is 5.33. The second-order valence-corrected chi connectivity index (χ2v) is 4.02. The highest BCUT2D eigenvalue weighted by atomic mass is 16.5. The zero-order valence-electron chi connectivity index (χ0n) is 9.29. The average Bonchev–Trinajstić information content (AvgIpc) is 2.70. The predicted octanol–water partition coefficient (Wildman–Crippen LogP) is 2.23. The molecule has 2 nitrogen and oxygen atoms in total. The third kappa shape index (κ3) is 1.77. The average molecular weight is 203 g/mol. The quantitative estimate of drug-likeness (QED) is 0.817. The molecule has 1 atom stereocenters. The molecule has 2 heteroatoms. The van der Waals surface area contributed by atoms with Gasteiger partial charge in [-0.3, -0.25) is 0 Å². The number of allylic oxidation sites excluding steroid dienone is 1. The largest absolute Gasteiger partial charge is 0.497 e. The molecule has 1 unspecified atom stereocenters. The molecule has 1 aliphatic carbocycles. The zero-order chi connectivity index (χ0) is 10.8. The van der Waals surface area contributed by atoms with Crippen molar-refractivity contribution in [2.75, 3.05) is 13.7 Å². The van der Waals surface area contributed by atoms with Gasteiger partial charge in [0.2, 0.25) is 0 Å². The first-order valence-corrected chi connectivity index (χ1v) is 5.33. The summed E-state index contributed by atoms with van der Waals surface area (Å²) in [5.41, 5.74) is 9.77. The monoisotopic (exact) mass is 203 g/mol. The van der Waals surface area contributed by atoms with Crippen LogP contribution in [0.1, 0.15) is 18.1 Å². The Morgan fingerprint density at radius 2 is 2.27 bits per heavy atom. The highest BCUT2D eigenvalue weighted by molar-refractivity contribution is 5.75. The van der Waals surface area contributed by atoms with Crippen molar-refractivity contribution in [1.82, 2.24) is 0 Å². The lowest BCUT2D eigenvalue weighted by atomic mass is 9.95. The normalized spacial score (nSPS) is 15.8. The molecule has 2 rings (SSSR count). The van der Waals surface area contributed by atoms with Gasteiger partial charge in [0.25, 0.3) is 0 Å². The van der Waals surface area contributed by atoms with Crippen LogP contribution in [0.25, 0.3) is 5.57 Å². The van der Waals surface area contributed by atoms with Crippen LogP contribution in [0.2, 0.25) is 0 Å². The number of rotatable bonds is 3. The fraction of sp³-hybridized carbons (Fsp3) is 0.385. The summed E-state index contributed by atoms with van der Waals surface area (Å²) in [5, 5.41) is 0. The topological polar surface area (TPSA) is 35.2 Å². The third-order valence-corrected chi connectivity index (χ3v) is 3.05. The Bertz CT molecular complexity index is 396. The van der Waals surface area contributed by atoms with Gasteiger partial charge >= 0.3 is 0 Å². The molecule has 2 N–H and O–H groups in total. The van der Waals surface area contributed by atoms with Gasteiger partial charge in [0.1, 0.15) is 5.75 Å². The Kier molecular flexibility index (Phi) is 2.78. The number of fused-ring (bicyclic) bond motifs is 1. The van der Waals surface area contributed by atoms with E-state index in [4.69, 9.17) is 10.5 Å². The Labute approximate surface area is 90.7 Å². The van der Waals surface area contributed by atoms with Crippen LogP contribution in [-0.4, -0.2) is 13.7 Å². The molecule has 0 fully saturated rings. The molecule has 0 saturated carbocycles. The summed E-state index contributed by atoms with van der Waals surface area (Å²) < 4.78 is 5.24. The maximum absolute atomic E-state index is 5.71. The van der Waals surface area contributed by atoms with E-state index in [9.17, 15) is 0 Å². The van der Waals surface area contributed by atoms with Crippen LogP contribution in [0.4, 0.5) is 0 Å². The summed E-state index contributed by atoms with van der Waals surface area (Å²) >= 11 is 0. The van der Waals surface area contributed by atoms with Crippen molar-refractivity contribution < 1.29 is 4.74 Å². The SMILES string of the molecule is COc1ccc2c(c1)C(C(C)CN)=CC2. The summed E-state index contributed by atoms with van der Waals surface area (Å²) in [4.78, 5) is 0. The van der Waals surface area contributed by atoms with Crippen LogP contribution in [0.3, 0.4) is 0 Å². The van der Waals surface area contributed by atoms with Gasteiger partial charge in [-0.15, -0.1) is 0 Å². The number of benzene rings is 1. The molecule has 1 aliphatic rings. The van der Waals surface area contributed by atoms with Crippen LogP contribution in [0.15, 0.2) is 24.3 Å². The predicted molar refractivity (Wildman–Crippen MR) is 62.9 cm³/mol. The van der Waals surface area contributed by atoms with Crippen molar-refractivity contribution in [3.63, 3.8) is 0 Å². The first-order chi connectivity index (χ1) is 7.26. The molecule has 80 valence electrons. The minimum atomic E-state index is 0.429. The van der Waals surface area contributed by atoms with Crippen LogP contribution >= 0.6 is 0 Å². The van der Waals surface area contributed by atoms with E-state index in [1.807, 2.05) is 6.07 Å². The molecule has 0 heterocycles. The van der Waals surface area contributed by atoms with Crippen LogP contribution in [0.5, 0.6) is 5.75 Å². The summed E-state index contributed by atoms with van der Waals surface area (Å²) in [7, 11) is 1.70. The van der Waals surface area contributed by atoms with Crippen LogP contribution in [-0.2, 0) is 6.42 Å². The maximum atomic E-state index is 5.71. The summed E-state index contributed by atoms with van der Waals surface area (Å²) in [6.07, 6.45) is 3.31. The molecule has 0 spiro atoms. The van der Waals surface area contributed by atoms with Crippen molar-refractivity contribution in [3.8, 4) is 5.75 Å². The first kappa shape index (κ1) is 10.2. The molecule has 0 aromatic heterocycles. The standard InChI is InChI=1S/C13H17NO/c1-9(8-14)12-6-4-10-3-5-11(15-2)7-13(10)12/h3,5-7,9H,4,8,14H2,1-2H3. The number of ether oxygens (including phenoxy) is 1. The van der Waals surface area contributed by atoms with Crippen molar-refractivity contribution in [1.29, 1.82) is 0 Å². The minimum absolute atomic E-state index is 0.429. The second-order valence-electron chi connectivity index (χ2n) is 4.02. The van der Waals surface area contributed by atoms with Gasteiger partial charge < -0.3 is 10.5 Å².